The third-order valence-corrected chi connectivity index (χ3v) is 7.44. The highest BCUT2D eigenvalue weighted by atomic mass is 32.2. The summed E-state index contributed by atoms with van der Waals surface area (Å²) in [6.07, 6.45) is 4.46. The fourth-order valence-corrected chi connectivity index (χ4v) is 5.84. The van der Waals surface area contributed by atoms with Crippen molar-refractivity contribution in [3.63, 3.8) is 0 Å². The molecule has 0 spiro atoms. The zero-order chi connectivity index (χ0) is 23.0. The van der Waals surface area contributed by atoms with Gasteiger partial charge in [0.2, 0.25) is 11.7 Å². The zero-order valence-electron chi connectivity index (χ0n) is 17.1. The van der Waals surface area contributed by atoms with Crippen molar-refractivity contribution in [1.82, 2.24) is 9.55 Å². The van der Waals surface area contributed by atoms with Gasteiger partial charge >= 0.3 is 5.69 Å². The maximum absolute atomic E-state index is 13.5. The van der Waals surface area contributed by atoms with E-state index >= 15 is 0 Å². The van der Waals surface area contributed by atoms with Crippen molar-refractivity contribution < 1.29 is 14.1 Å². The lowest BCUT2D eigenvalue weighted by Crippen LogP contribution is -2.26. The number of benzene rings is 1. The molecule has 1 aliphatic carbocycles. The number of halogens is 1. The molecule has 4 rings (SSSR count). The molecule has 1 N–H and O–H groups in total. The number of nitrogens with zero attached hydrogens (tertiary/aromatic N) is 3. The number of thioether (sulfide) groups is 1. The molecule has 32 heavy (non-hydrogen) atoms. The molecule has 2 heterocycles. The van der Waals surface area contributed by atoms with Crippen molar-refractivity contribution in [3.8, 4) is 0 Å². The summed E-state index contributed by atoms with van der Waals surface area (Å²) in [5.41, 5.74) is 0.331. The average molecular weight is 475 g/mol. The number of allylic oxidation sites excluding steroid dienone is 1. The number of anilines is 1. The maximum Gasteiger partial charge on any atom is 0.306 e. The number of hydrogen-bond donors (Lipinski definition) is 1. The van der Waals surface area contributed by atoms with Gasteiger partial charge in [-0.05, 0) is 43.9 Å². The number of aromatic nitrogens is 2. The topological polar surface area (TPSA) is 107 Å². The molecule has 2 aromatic heterocycles. The van der Waals surface area contributed by atoms with E-state index in [1.807, 2.05) is 0 Å². The summed E-state index contributed by atoms with van der Waals surface area (Å²) in [6.45, 7) is 5.62. The number of nitro groups is 1. The van der Waals surface area contributed by atoms with Gasteiger partial charge in [-0.15, -0.1) is 17.9 Å². The van der Waals surface area contributed by atoms with E-state index in [0.29, 0.717) is 15.4 Å². The Morgan fingerprint density at radius 2 is 2.28 bits per heavy atom. The van der Waals surface area contributed by atoms with Crippen LogP contribution >= 0.6 is 23.1 Å². The molecule has 11 heteroatoms. The summed E-state index contributed by atoms with van der Waals surface area (Å²) in [4.78, 5) is 42.5. The van der Waals surface area contributed by atoms with Crippen LogP contribution in [0.15, 0.2) is 40.8 Å². The second-order valence-electron chi connectivity index (χ2n) is 7.31. The number of nitrogens with one attached hydrogen (secondary N) is 1. The van der Waals surface area contributed by atoms with Crippen LogP contribution in [0, 0.1) is 15.9 Å². The highest BCUT2D eigenvalue weighted by Gasteiger charge is 2.25. The molecule has 3 aromatic rings. The molecule has 0 fully saturated rings. The van der Waals surface area contributed by atoms with Gasteiger partial charge < -0.3 is 5.32 Å². The third kappa shape index (κ3) is 4.05. The van der Waals surface area contributed by atoms with Crippen molar-refractivity contribution in [3.05, 3.63) is 67.6 Å². The van der Waals surface area contributed by atoms with E-state index in [9.17, 15) is 24.1 Å². The summed E-state index contributed by atoms with van der Waals surface area (Å²) in [5, 5.41) is 13.9. The lowest BCUT2D eigenvalue weighted by atomic mass is 10.2. The largest absolute Gasteiger partial charge is 0.325 e. The van der Waals surface area contributed by atoms with Gasteiger partial charge in [0.25, 0.3) is 5.56 Å². The quantitative estimate of drug-likeness (QED) is 0.180. The van der Waals surface area contributed by atoms with Gasteiger partial charge in [0.15, 0.2) is 5.16 Å². The Morgan fingerprint density at radius 3 is 3.00 bits per heavy atom. The van der Waals surface area contributed by atoms with E-state index in [1.54, 1.807) is 13.0 Å². The SMILES string of the molecule is C=CCn1c(SC(C)C(=O)Nc2ccc(F)c([N+](=O)[O-])c2)nc2sc3c(c2c1=O)CCC3. The lowest BCUT2D eigenvalue weighted by molar-refractivity contribution is -0.387. The number of carbonyl (C=O) groups is 1. The van der Waals surface area contributed by atoms with Crippen LogP contribution in [-0.4, -0.2) is 25.6 Å². The molecule has 1 amide bonds. The van der Waals surface area contributed by atoms with E-state index in [-0.39, 0.29) is 17.8 Å². The van der Waals surface area contributed by atoms with Gasteiger partial charge in [-0.3, -0.25) is 24.3 Å². The fraction of sp³-hybridized carbons (Fsp3) is 0.286. The van der Waals surface area contributed by atoms with Crippen molar-refractivity contribution in [2.45, 2.75) is 43.1 Å². The third-order valence-electron chi connectivity index (χ3n) is 5.16. The number of rotatable bonds is 7. The number of aryl methyl sites for hydroxylation is 2. The first-order valence-corrected chi connectivity index (χ1v) is 11.6. The van der Waals surface area contributed by atoms with Gasteiger partial charge in [0.1, 0.15) is 4.83 Å². The van der Waals surface area contributed by atoms with Gasteiger partial charge in [0, 0.05) is 23.2 Å². The van der Waals surface area contributed by atoms with Crippen LogP contribution < -0.4 is 10.9 Å². The molecule has 1 aliphatic rings. The first kappa shape index (κ1) is 22.2. The smallest absolute Gasteiger partial charge is 0.306 e. The minimum Gasteiger partial charge on any atom is -0.325 e. The Balaban J connectivity index is 1.61. The lowest BCUT2D eigenvalue weighted by Gasteiger charge is -2.15. The maximum atomic E-state index is 13.5. The monoisotopic (exact) mass is 474 g/mol. The van der Waals surface area contributed by atoms with Crippen LogP contribution in [-0.2, 0) is 24.2 Å². The van der Waals surface area contributed by atoms with Crippen molar-refractivity contribution >= 4 is 50.6 Å². The first-order chi connectivity index (χ1) is 15.3. The molecular weight excluding hydrogens is 455 g/mol. The minimum absolute atomic E-state index is 0.108. The highest BCUT2D eigenvalue weighted by Crippen LogP contribution is 2.36. The Morgan fingerprint density at radius 1 is 1.50 bits per heavy atom. The number of nitro benzene ring substituents is 1. The highest BCUT2D eigenvalue weighted by molar-refractivity contribution is 8.00. The number of carbonyl (C=O) groups excluding carboxylic acids is 1. The van der Waals surface area contributed by atoms with Crippen LogP contribution in [0.3, 0.4) is 0 Å². The van der Waals surface area contributed by atoms with Crippen LogP contribution in [0.1, 0.15) is 23.8 Å². The summed E-state index contributed by atoms with van der Waals surface area (Å²) >= 11 is 2.63. The standard InChI is InChI=1S/C21H19FN4O4S2/c1-3-9-25-20(28)17-13-5-4-6-16(13)32-19(17)24-21(25)31-11(2)18(27)23-12-7-8-14(22)15(10-12)26(29)30/h3,7-8,10-11H,1,4-6,9H2,2H3,(H,23,27). The predicted molar refractivity (Wildman–Crippen MR) is 123 cm³/mol. The molecule has 0 saturated heterocycles. The fourth-order valence-electron chi connectivity index (χ4n) is 3.62. The molecule has 1 aromatic carbocycles. The Hall–Kier alpha value is -3.05. The van der Waals surface area contributed by atoms with E-state index in [2.05, 4.69) is 16.9 Å². The average Bonchev–Trinajstić information content (AvgIpc) is 3.32. The molecule has 0 bridgehead atoms. The number of thiophene rings is 1. The summed E-state index contributed by atoms with van der Waals surface area (Å²) in [6, 6.07) is 3.15. The molecule has 8 nitrogen and oxygen atoms in total. The molecule has 0 saturated carbocycles. The summed E-state index contributed by atoms with van der Waals surface area (Å²) < 4.78 is 15.1. The minimum atomic E-state index is -0.982. The zero-order valence-corrected chi connectivity index (χ0v) is 18.7. The molecule has 1 atom stereocenters. The van der Waals surface area contributed by atoms with Crippen molar-refractivity contribution in [1.29, 1.82) is 0 Å². The van der Waals surface area contributed by atoms with E-state index < -0.39 is 27.6 Å². The predicted octanol–water partition coefficient (Wildman–Crippen LogP) is 4.30. The van der Waals surface area contributed by atoms with Gasteiger partial charge in [-0.2, -0.15) is 4.39 Å². The second kappa shape index (κ2) is 8.83. The van der Waals surface area contributed by atoms with Crippen molar-refractivity contribution in [2.24, 2.45) is 0 Å². The van der Waals surface area contributed by atoms with Crippen molar-refractivity contribution in [2.75, 3.05) is 5.32 Å². The van der Waals surface area contributed by atoms with E-state index in [1.165, 1.54) is 26.8 Å². The van der Waals surface area contributed by atoms with Crippen LogP contribution in [0.25, 0.3) is 10.2 Å². The molecular formula is C21H19FN4O4S2. The van der Waals surface area contributed by atoms with Crippen LogP contribution in [0.2, 0.25) is 0 Å². The Labute approximate surface area is 190 Å². The summed E-state index contributed by atoms with van der Waals surface area (Å²) in [5.74, 6) is -1.44. The van der Waals surface area contributed by atoms with Gasteiger partial charge in [0.05, 0.1) is 15.6 Å². The van der Waals surface area contributed by atoms with Gasteiger partial charge in [-0.1, -0.05) is 17.8 Å². The summed E-state index contributed by atoms with van der Waals surface area (Å²) in [7, 11) is 0. The first-order valence-electron chi connectivity index (χ1n) is 9.87. The van der Waals surface area contributed by atoms with E-state index in [4.69, 9.17) is 0 Å². The number of fused-ring (bicyclic) bond motifs is 3. The van der Waals surface area contributed by atoms with Gasteiger partial charge in [-0.25, -0.2) is 4.98 Å². The van der Waals surface area contributed by atoms with E-state index in [0.717, 1.165) is 48.7 Å². The Bertz CT molecular complexity index is 1320. The normalized spacial score (nSPS) is 13.7. The number of amides is 1. The molecule has 166 valence electrons. The molecule has 0 aliphatic heterocycles. The van der Waals surface area contributed by atoms with Crippen LogP contribution in [0.4, 0.5) is 15.8 Å². The Kier molecular flexibility index (Phi) is 6.11. The van der Waals surface area contributed by atoms with Crippen LogP contribution in [0.5, 0.6) is 0 Å². The second-order valence-corrected chi connectivity index (χ2v) is 9.70. The molecule has 0 radical (unpaired) electrons. The molecule has 1 unspecified atom stereocenters. The number of hydrogen-bond acceptors (Lipinski definition) is 7.